The van der Waals surface area contributed by atoms with E-state index in [4.69, 9.17) is 10.5 Å². The molecule has 2 rings (SSSR count). The van der Waals surface area contributed by atoms with Gasteiger partial charge in [-0.05, 0) is 6.92 Å². The van der Waals surface area contributed by atoms with Crippen molar-refractivity contribution >= 4 is 12.0 Å². The Balaban J connectivity index is 2.37. The van der Waals surface area contributed by atoms with E-state index in [1.807, 2.05) is 0 Å². The normalized spacial score (nSPS) is 14.9. The van der Waals surface area contributed by atoms with E-state index in [0.717, 1.165) is 0 Å². The molecule has 0 unspecified atom stereocenters. The highest BCUT2D eigenvalue weighted by molar-refractivity contribution is 5.68. The van der Waals surface area contributed by atoms with E-state index in [9.17, 15) is 18.0 Å². The van der Waals surface area contributed by atoms with Crippen molar-refractivity contribution in [3.63, 3.8) is 0 Å². The van der Waals surface area contributed by atoms with Crippen molar-refractivity contribution in [1.82, 2.24) is 14.9 Å². The SMILES string of the molecule is CCOC(=O)N1CCc2nc(N)nc(C(F)(F)F)c2C1. The molecule has 0 saturated carbocycles. The summed E-state index contributed by atoms with van der Waals surface area (Å²) in [7, 11) is 0. The lowest BCUT2D eigenvalue weighted by Gasteiger charge is -2.28. The molecule has 2 N–H and O–H groups in total. The third-order valence-electron chi connectivity index (χ3n) is 2.87. The second-order valence-electron chi connectivity index (χ2n) is 4.22. The molecule has 0 spiro atoms. The number of hydrogen-bond donors (Lipinski definition) is 1. The number of ether oxygens (including phenoxy) is 1. The number of carbonyl (C=O) groups excluding carboxylic acids is 1. The Labute approximate surface area is 112 Å². The highest BCUT2D eigenvalue weighted by Crippen LogP contribution is 2.34. The van der Waals surface area contributed by atoms with Crippen molar-refractivity contribution in [2.45, 2.75) is 26.1 Å². The fourth-order valence-electron chi connectivity index (χ4n) is 2.04. The number of halogens is 3. The number of fused-ring (bicyclic) bond motifs is 1. The van der Waals surface area contributed by atoms with Gasteiger partial charge in [-0.3, -0.25) is 0 Å². The van der Waals surface area contributed by atoms with Crippen LogP contribution in [-0.4, -0.2) is 34.1 Å². The third-order valence-corrected chi connectivity index (χ3v) is 2.87. The van der Waals surface area contributed by atoms with Crippen LogP contribution in [0.25, 0.3) is 0 Å². The van der Waals surface area contributed by atoms with Crippen LogP contribution < -0.4 is 5.73 Å². The van der Waals surface area contributed by atoms with Gasteiger partial charge in [0.05, 0.1) is 18.8 Å². The number of carbonyl (C=O) groups is 1. The molecule has 1 amide bonds. The average Bonchev–Trinajstić information content (AvgIpc) is 2.36. The van der Waals surface area contributed by atoms with Crippen LogP contribution in [0.1, 0.15) is 23.9 Å². The summed E-state index contributed by atoms with van der Waals surface area (Å²) >= 11 is 0. The van der Waals surface area contributed by atoms with Crippen molar-refractivity contribution < 1.29 is 22.7 Å². The maximum Gasteiger partial charge on any atom is 0.433 e. The van der Waals surface area contributed by atoms with Crippen molar-refractivity contribution in [2.24, 2.45) is 0 Å². The molecule has 1 aliphatic heterocycles. The summed E-state index contributed by atoms with van der Waals surface area (Å²) in [6.07, 6.45) is -5.11. The Kier molecular flexibility index (Phi) is 3.69. The predicted molar refractivity (Wildman–Crippen MR) is 62.6 cm³/mol. The monoisotopic (exact) mass is 290 g/mol. The summed E-state index contributed by atoms with van der Waals surface area (Å²) in [5.74, 6) is -0.416. The number of alkyl halides is 3. The minimum atomic E-state index is -4.64. The van der Waals surface area contributed by atoms with E-state index in [1.165, 1.54) is 4.90 Å². The minimum Gasteiger partial charge on any atom is -0.450 e. The van der Waals surface area contributed by atoms with Crippen LogP contribution in [0.2, 0.25) is 0 Å². The number of nitrogens with two attached hydrogens (primary N) is 1. The fourth-order valence-corrected chi connectivity index (χ4v) is 2.04. The Bertz CT molecular complexity index is 533. The zero-order valence-electron chi connectivity index (χ0n) is 10.7. The van der Waals surface area contributed by atoms with Crippen molar-refractivity contribution in [1.29, 1.82) is 0 Å². The van der Waals surface area contributed by atoms with E-state index in [0.29, 0.717) is 0 Å². The van der Waals surface area contributed by atoms with Crippen LogP contribution in [-0.2, 0) is 23.9 Å². The Hall–Kier alpha value is -2.06. The Morgan fingerprint density at radius 2 is 2.15 bits per heavy atom. The van der Waals surface area contributed by atoms with Crippen LogP contribution in [0.3, 0.4) is 0 Å². The molecule has 1 aliphatic rings. The molecule has 2 heterocycles. The summed E-state index contributed by atoms with van der Waals surface area (Å²) in [6.45, 7) is 1.79. The Morgan fingerprint density at radius 1 is 1.45 bits per heavy atom. The summed E-state index contributed by atoms with van der Waals surface area (Å²) < 4.78 is 43.6. The smallest absolute Gasteiger partial charge is 0.433 e. The van der Waals surface area contributed by atoms with Gasteiger partial charge in [0.2, 0.25) is 5.95 Å². The quantitative estimate of drug-likeness (QED) is 0.849. The van der Waals surface area contributed by atoms with Gasteiger partial charge in [0.25, 0.3) is 0 Å². The van der Waals surface area contributed by atoms with E-state index >= 15 is 0 Å². The summed E-state index contributed by atoms with van der Waals surface area (Å²) in [6, 6.07) is 0. The van der Waals surface area contributed by atoms with Crippen LogP contribution >= 0.6 is 0 Å². The topological polar surface area (TPSA) is 81.3 Å². The first kappa shape index (κ1) is 14.4. The van der Waals surface area contributed by atoms with E-state index in [2.05, 4.69) is 9.97 Å². The number of rotatable bonds is 1. The van der Waals surface area contributed by atoms with E-state index < -0.39 is 23.9 Å². The molecule has 0 atom stereocenters. The van der Waals surface area contributed by atoms with Gasteiger partial charge in [-0.15, -0.1) is 0 Å². The summed E-state index contributed by atoms with van der Waals surface area (Å²) in [4.78, 5) is 19.9. The van der Waals surface area contributed by atoms with Gasteiger partial charge in [0, 0.05) is 18.5 Å². The van der Waals surface area contributed by atoms with Gasteiger partial charge >= 0.3 is 12.3 Å². The number of nitrogens with zero attached hydrogens (tertiary/aromatic N) is 3. The second-order valence-corrected chi connectivity index (χ2v) is 4.22. The number of hydrogen-bond acceptors (Lipinski definition) is 5. The second kappa shape index (κ2) is 5.14. The van der Waals surface area contributed by atoms with Crippen LogP contribution in [0.4, 0.5) is 23.9 Å². The maximum atomic E-state index is 13.0. The summed E-state index contributed by atoms with van der Waals surface area (Å²) in [5.41, 5.74) is 4.31. The molecular formula is C11H13F3N4O2. The minimum absolute atomic E-state index is 0.119. The molecule has 0 saturated heterocycles. The third kappa shape index (κ3) is 2.75. The largest absolute Gasteiger partial charge is 0.450 e. The molecule has 0 fully saturated rings. The van der Waals surface area contributed by atoms with Gasteiger partial charge < -0.3 is 15.4 Å². The molecule has 0 bridgehead atoms. The van der Waals surface area contributed by atoms with Gasteiger partial charge in [-0.1, -0.05) is 0 Å². The van der Waals surface area contributed by atoms with E-state index in [1.54, 1.807) is 6.92 Å². The van der Waals surface area contributed by atoms with Gasteiger partial charge in [-0.25, -0.2) is 14.8 Å². The molecule has 0 aromatic carbocycles. The van der Waals surface area contributed by atoms with Crippen LogP contribution in [0.15, 0.2) is 0 Å². The molecule has 6 nitrogen and oxygen atoms in total. The van der Waals surface area contributed by atoms with E-state index in [-0.39, 0.29) is 37.4 Å². The highest BCUT2D eigenvalue weighted by atomic mass is 19.4. The first-order valence-electron chi connectivity index (χ1n) is 5.97. The van der Waals surface area contributed by atoms with Crippen LogP contribution in [0, 0.1) is 0 Å². The highest BCUT2D eigenvalue weighted by Gasteiger charge is 2.39. The number of aromatic nitrogens is 2. The molecule has 0 aliphatic carbocycles. The standard InChI is InChI=1S/C11H13F3N4O2/c1-2-20-10(19)18-4-3-7-6(5-18)8(11(12,13)14)17-9(15)16-7/h2-5H2,1H3,(H2,15,16,17). The lowest BCUT2D eigenvalue weighted by molar-refractivity contribution is -0.142. The first-order valence-corrected chi connectivity index (χ1v) is 5.97. The van der Waals surface area contributed by atoms with Crippen molar-refractivity contribution in [3.8, 4) is 0 Å². The molecule has 110 valence electrons. The molecule has 1 aromatic rings. The number of anilines is 1. The molecule has 20 heavy (non-hydrogen) atoms. The van der Waals surface area contributed by atoms with Gasteiger partial charge in [0.1, 0.15) is 0 Å². The summed E-state index contributed by atoms with van der Waals surface area (Å²) in [5, 5.41) is 0. The number of nitrogen functional groups attached to an aromatic ring is 1. The van der Waals surface area contributed by atoms with Gasteiger partial charge in [0.15, 0.2) is 5.69 Å². The average molecular weight is 290 g/mol. The Morgan fingerprint density at radius 3 is 2.75 bits per heavy atom. The predicted octanol–water partition coefficient (Wildman–Crippen LogP) is 1.59. The molecule has 9 heteroatoms. The fraction of sp³-hybridized carbons (Fsp3) is 0.545. The van der Waals surface area contributed by atoms with Crippen LogP contribution in [0.5, 0.6) is 0 Å². The lowest BCUT2D eigenvalue weighted by atomic mass is 10.0. The molecular weight excluding hydrogens is 277 g/mol. The lowest BCUT2D eigenvalue weighted by Crippen LogP contribution is -2.38. The van der Waals surface area contributed by atoms with Gasteiger partial charge in [-0.2, -0.15) is 13.2 Å². The molecule has 1 aromatic heterocycles. The van der Waals surface area contributed by atoms with Crippen molar-refractivity contribution in [3.05, 3.63) is 17.0 Å². The first-order chi connectivity index (χ1) is 9.32. The van der Waals surface area contributed by atoms with Crippen molar-refractivity contribution in [2.75, 3.05) is 18.9 Å². The maximum absolute atomic E-state index is 13.0. The molecule has 0 radical (unpaired) electrons. The number of amides is 1. The zero-order valence-corrected chi connectivity index (χ0v) is 10.7. The zero-order chi connectivity index (χ0) is 14.9.